The van der Waals surface area contributed by atoms with Gasteiger partial charge in [0.25, 0.3) is 10.0 Å². The highest BCUT2D eigenvalue weighted by molar-refractivity contribution is 9.09. The first kappa shape index (κ1) is 15.0. The predicted molar refractivity (Wildman–Crippen MR) is 77.7 cm³/mol. The highest BCUT2D eigenvalue weighted by atomic mass is 79.9. The van der Waals surface area contributed by atoms with Crippen LogP contribution in [0.2, 0.25) is 0 Å². The van der Waals surface area contributed by atoms with Gasteiger partial charge < -0.3 is 0 Å². The number of aromatic nitrogens is 2. The third-order valence-electron chi connectivity index (χ3n) is 3.48. The quantitative estimate of drug-likeness (QED) is 0.849. The van der Waals surface area contributed by atoms with E-state index < -0.39 is 10.0 Å². The number of rotatable bonds is 4. The van der Waals surface area contributed by atoms with Crippen molar-refractivity contribution < 1.29 is 8.42 Å². The van der Waals surface area contributed by atoms with Gasteiger partial charge in [0.15, 0.2) is 5.03 Å². The van der Waals surface area contributed by atoms with Crippen molar-refractivity contribution in [1.82, 2.24) is 14.5 Å². The van der Waals surface area contributed by atoms with E-state index in [1.165, 1.54) is 12.3 Å². The molecule has 5 nitrogen and oxygen atoms in total. The van der Waals surface area contributed by atoms with Crippen molar-refractivity contribution in [3.8, 4) is 0 Å². The maximum atomic E-state index is 12.6. The fraction of sp³-hybridized carbons (Fsp3) is 0.750. The Hall–Kier alpha value is -0.400. The van der Waals surface area contributed by atoms with Gasteiger partial charge in [0.2, 0.25) is 0 Å². The lowest BCUT2D eigenvalue weighted by molar-refractivity contribution is 0.307. The van der Waals surface area contributed by atoms with E-state index in [2.05, 4.69) is 33.1 Å². The van der Waals surface area contributed by atoms with Crippen LogP contribution in [0.15, 0.2) is 17.3 Å². The molecular formula is C12H20BrN3O2S. The molecule has 2 unspecified atom stereocenters. The van der Waals surface area contributed by atoms with Gasteiger partial charge in [-0.15, -0.1) is 0 Å². The lowest BCUT2D eigenvalue weighted by Gasteiger charge is -2.29. The van der Waals surface area contributed by atoms with E-state index in [9.17, 15) is 8.42 Å². The SMILES string of the molecule is CC(Br)CC1CCCCCN1S(=O)(=O)c1ccn[nH]1. The number of H-pyrrole nitrogens is 1. The molecule has 0 radical (unpaired) electrons. The molecule has 1 saturated heterocycles. The summed E-state index contributed by atoms with van der Waals surface area (Å²) >= 11 is 3.54. The third-order valence-corrected chi connectivity index (χ3v) is 5.74. The molecule has 0 aromatic carbocycles. The van der Waals surface area contributed by atoms with Crippen LogP contribution in [-0.2, 0) is 10.0 Å². The number of nitrogens with one attached hydrogen (secondary N) is 1. The van der Waals surface area contributed by atoms with Crippen LogP contribution < -0.4 is 0 Å². The highest BCUT2D eigenvalue weighted by Crippen LogP contribution is 2.27. The second kappa shape index (κ2) is 6.37. The molecular weight excluding hydrogens is 330 g/mol. The van der Waals surface area contributed by atoms with Crippen molar-refractivity contribution in [3.63, 3.8) is 0 Å². The average molecular weight is 350 g/mol. The number of sulfonamides is 1. The molecule has 1 fully saturated rings. The molecule has 108 valence electrons. The summed E-state index contributed by atoms with van der Waals surface area (Å²) in [7, 11) is -3.44. The molecule has 1 N–H and O–H groups in total. The summed E-state index contributed by atoms with van der Waals surface area (Å²) in [5.41, 5.74) is 0. The first-order valence-corrected chi connectivity index (χ1v) is 9.02. The van der Waals surface area contributed by atoms with Gasteiger partial charge in [0.05, 0.1) is 6.20 Å². The molecule has 1 aromatic rings. The van der Waals surface area contributed by atoms with E-state index in [-0.39, 0.29) is 11.1 Å². The minimum absolute atomic E-state index is 0.0742. The van der Waals surface area contributed by atoms with E-state index >= 15 is 0 Å². The van der Waals surface area contributed by atoms with Gasteiger partial charge in [-0.05, 0) is 25.3 Å². The van der Waals surface area contributed by atoms with Gasteiger partial charge in [-0.25, -0.2) is 8.42 Å². The molecule has 0 spiro atoms. The Morgan fingerprint density at radius 1 is 1.53 bits per heavy atom. The van der Waals surface area contributed by atoms with Crippen LogP contribution >= 0.6 is 15.9 Å². The zero-order valence-corrected chi connectivity index (χ0v) is 13.5. The second-order valence-electron chi connectivity index (χ2n) is 5.06. The van der Waals surface area contributed by atoms with E-state index in [1.807, 2.05) is 0 Å². The Bertz CT molecular complexity index is 487. The van der Waals surface area contributed by atoms with Crippen molar-refractivity contribution in [2.24, 2.45) is 0 Å². The Morgan fingerprint density at radius 3 is 2.95 bits per heavy atom. The molecule has 2 atom stereocenters. The predicted octanol–water partition coefficient (Wildman–Crippen LogP) is 2.52. The summed E-state index contributed by atoms with van der Waals surface area (Å²) in [5, 5.41) is 6.53. The number of alkyl halides is 1. The van der Waals surface area contributed by atoms with Gasteiger partial charge in [0.1, 0.15) is 0 Å². The van der Waals surface area contributed by atoms with Crippen LogP contribution in [0, 0.1) is 0 Å². The summed E-state index contributed by atoms with van der Waals surface area (Å²) < 4.78 is 26.9. The van der Waals surface area contributed by atoms with Crippen molar-refractivity contribution in [3.05, 3.63) is 12.3 Å². The first-order valence-electron chi connectivity index (χ1n) is 6.67. The van der Waals surface area contributed by atoms with Gasteiger partial charge in [-0.2, -0.15) is 9.40 Å². The monoisotopic (exact) mass is 349 g/mol. The molecule has 0 saturated carbocycles. The minimum atomic E-state index is -3.44. The van der Waals surface area contributed by atoms with Crippen LogP contribution in [0.25, 0.3) is 0 Å². The van der Waals surface area contributed by atoms with Crippen LogP contribution in [0.3, 0.4) is 0 Å². The van der Waals surface area contributed by atoms with Crippen molar-refractivity contribution in [2.45, 2.75) is 54.9 Å². The smallest absolute Gasteiger partial charge is 0.260 e. The number of halogens is 1. The molecule has 0 bridgehead atoms. The Balaban J connectivity index is 2.27. The molecule has 2 rings (SSSR count). The maximum Gasteiger partial charge on any atom is 0.260 e. The van der Waals surface area contributed by atoms with Crippen molar-refractivity contribution in [2.75, 3.05) is 6.54 Å². The molecule has 2 heterocycles. The Labute approximate surface area is 122 Å². The highest BCUT2D eigenvalue weighted by Gasteiger charge is 2.33. The summed E-state index contributed by atoms with van der Waals surface area (Å²) in [5.74, 6) is 0. The number of hydrogen-bond acceptors (Lipinski definition) is 3. The van der Waals surface area contributed by atoms with Gasteiger partial charge in [-0.3, -0.25) is 5.10 Å². The molecule has 1 aromatic heterocycles. The van der Waals surface area contributed by atoms with Crippen LogP contribution in [0.5, 0.6) is 0 Å². The zero-order valence-electron chi connectivity index (χ0n) is 11.0. The van der Waals surface area contributed by atoms with E-state index in [1.54, 1.807) is 4.31 Å². The van der Waals surface area contributed by atoms with E-state index in [0.717, 1.165) is 32.1 Å². The van der Waals surface area contributed by atoms with Crippen LogP contribution in [-0.4, -0.2) is 40.3 Å². The van der Waals surface area contributed by atoms with E-state index in [0.29, 0.717) is 11.4 Å². The number of hydrogen-bond donors (Lipinski definition) is 1. The van der Waals surface area contributed by atoms with Crippen LogP contribution in [0.4, 0.5) is 0 Å². The zero-order chi connectivity index (χ0) is 13.9. The topological polar surface area (TPSA) is 66.1 Å². The first-order chi connectivity index (χ1) is 9.01. The lowest BCUT2D eigenvalue weighted by atomic mass is 10.1. The summed E-state index contributed by atoms with van der Waals surface area (Å²) in [6.45, 7) is 2.66. The standard InChI is InChI=1S/C12H20BrN3O2S/c1-10(13)9-11-5-3-2-4-8-16(11)19(17,18)12-6-7-14-15-12/h6-7,10-11H,2-5,8-9H2,1H3,(H,14,15). The van der Waals surface area contributed by atoms with E-state index in [4.69, 9.17) is 0 Å². The number of nitrogens with zero attached hydrogens (tertiary/aromatic N) is 2. The third kappa shape index (κ3) is 3.58. The van der Waals surface area contributed by atoms with Gasteiger partial charge in [0, 0.05) is 17.4 Å². The van der Waals surface area contributed by atoms with Gasteiger partial charge in [-0.1, -0.05) is 35.7 Å². The molecule has 0 amide bonds. The minimum Gasteiger partial charge on any atom is -0.266 e. The molecule has 7 heteroatoms. The fourth-order valence-electron chi connectivity index (χ4n) is 2.59. The van der Waals surface area contributed by atoms with Crippen molar-refractivity contribution in [1.29, 1.82) is 0 Å². The number of aromatic amines is 1. The largest absolute Gasteiger partial charge is 0.266 e. The molecule has 1 aliphatic heterocycles. The fourth-order valence-corrected chi connectivity index (χ4v) is 4.63. The van der Waals surface area contributed by atoms with Gasteiger partial charge >= 0.3 is 0 Å². The van der Waals surface area contributed by atoms with Crippen LogP contribution in [0.1, 0.15) is 39.0 Å². The molecule has 0 aliphatic carbocycles. The second-order valence-corrected chi connectivity index (χ2v) is 8.48. The summed E-state index contributed by atoms with van der Waals surface area (Å²) in [4.78, 5) is 0.315. The summed E-state index contributed by atoms with van der Waals surface area (Å²) in [6.07, 6.45) is 6.38. The van der Waals surface area contributed by atoms with Crippen molar-refractivity contribution >= 4 is 26.0 Å². The maximum absolute atomic E-state index is 12.6. The Kier molecular flexibility index (Phi) is 5.03. The summed E-state index contributed by atoms with van der Waals surface area (Å²) in [6, 6.07) is 1.60. The molecule has 1 aliphatic rings. The average Bonchev–Trinajstić information content (AvgIpc) is 2.77. The lowest BCUT2D eigenvalue weighted by Crippen LogP contribution is -2.41. The Morgan fingerprint density at radius 2 is 2.32 bits per heavy atom. The normalized spacial score (nSPS) is 24.0. The molecule has 19 heavy (non-hydrogen) atoms.